The molecular formula is C8H13N4. The van der Waals surface area contributed by atoms with Gasteiger partial charge >= 0.3 is 0 Å². The average molecular weight is 165 g/mol. The number of nitrogens with one attached hydrogen (secondary N) is 1. The molecule has 4 nitrogen and oxygen atoms in total. The lowest BCUT2D eigenvalue weighted by Crippen LogP contribution is -2.21. The molecule has 1 aromatic heterocycles. The summed E-state index contributed by atoms with van der Waals surface area (Å²) in [4.78, 5) is 10.1. The monoisotopic (exact) mass is 165 g/mol. The lowest BCUT2D eigenvalue weighted by atomic mass is 10.6. The Labute approximate surface area is 72.6 Å². The number of hydrogen-bond acceptors (Lipinski definition) is 4. The highest BCUT2D eigenvalue weighted by molar-refractivity contribution is 5.21. The van der Waals surface area contributed by atoms with Gasteiger partial charge in [-0.3, -0.25) is 0 Å². The third-order valence-electron chi connectivity index (χ3n) is 1.36. The number of nitrogens with zero attached hydrogens (tertiary/aromatic N) is 3. The molecule has 0 unspecified atom stereocenters. The summed E-state index contributed by atoms with van der Waals surface area (Å²) in [6.07, 6.45) is 3.20. The fraction of sp³-hybridized carbons (Fsp3) is 0.500. The van der Waals surface area contributed by atoms with E-state index in [-0.39, 0.29) is 0 Å². The minimum absolute atomic E-state index is 0.663. The summed E-state index contributed by atoms with van der Waals surface area (Å²) in [5, 5.41) is 3.09. The molecule has 0 aliphatic carbocycles. The van der Waals surface area contributed by atoms with E-state index in [1.54, 1.807) is 12.4 Å². The Morgan fingerprint density at radius 1 is 1.42 bits per heavy atom. The lowest BCUT2D eigenvalue weighted by molar-refractivity contribution is 0.425. The molecule has 0 saturated heterocycles. The van der Waals surface area contributed by atoms with Crippen molar-refractivity contribution in [1.82, 2.24) is 14.9 Å². The SMILES string of the molecule is CN(C)CCNc1nc[c]cn1. The van der Waals surface area contributed by atoms with Crippen LogP contribution < -0.4 is 5.32 Å². The van der Waals surface area contributed by atoms with Gasteiger partial charge in [0, 0.05) is 31.5 Å². The van der Waals surface area contributed by atoms with Crippen molar-refractivity contribution in [3.63, 3.8) is 0 Å². The van der Waals surface area contributed by atoms with E-state index in [2.05, 4.69) is 26.3 Å². The Morgan fingerprint density at radius 3 is 2.67 bits per heavy atom. The molecule has 65 valence electrons. The molecule has 12 heavy (non-hydrogen) atoms. The van der Waals surface area contributed by atoms with Crippen LogP contribution in [0.4, 0.5) is 5.95 Å². The molecule has 1 N–H and O–H groups in total. The van der Waals surface area contributed by atoms with Gasteiger partial charge < -0.3 is 10.2 Å². The van der Waals surface area contributed by atoms with Gasteiger partial charge in [0.1, 0.15) is 0 Å². The maximum atomic E-state index is 3.98. The number of rotatable bonds is 4. The second-order valence-corrected chi connectivity index (χ2v) is 2.74. The molecule has 4 heteroatoms. The van der Waals surface area contributed by atoms with Crippen molar-refractivity contribution >= 4 is 5.95 Å². The Morgan fingerprint density at radius 2 is 2.08 bits per heavy atom. The minimum Gasteiger partial charge on any atom is -0.353 e. The Kier molecular flexibility index (Phi) is 3.47. The maximum absolute atomic E-state index is 3.98. The standard InChI is InChI=1S/C8H13N4/c1-12(2)7-6-11-8-9-4-3-5-10-8/h4-5H,6-7H2,1-2H3,(H,9,10,11). The third kappa shape index (κ3) is 3.30. The zero-order valence-corrected chi connectivity index (χ0v) is 7.41. The molecule has 1 rings (SSSR count). The van der Waals surface area contributed by atoms with Crippen molar-refractivity contribution < 1.29 is 0 Å². The Bertz CT molecular complexity index is 210. The van der Waals surface area contributed by atoms with Crippen LogP contribution >= 0.6 is 0 Å². The minimum atomic E-state index is 0.663. The molecule has 0 aliphatic rings. The molecule has 0 aromatic carbocycles. The molecule has 1 heterocycles. The largest absolute Gasteiger partial charge is 0.353 e. The van der Waals surface area contributed by atoms with Gasteiger partial charge in [0.25, 0.3) is 0 Å². The first kappa shape index (κ1) is 8.93. The maximum Gasteiger partial charge on any atom is 0.222 e. The first-order valence-electron chi connectivity index (χ1n) is 3.86. The first-order chi connectivity index (χ1) is 5.79. The van der Waals surface area contributed by atoms with Gasteiger partial charge in [0.05, 0.1) is 0 Å². The van der Waals surface area contributed by atoms with Crippen LogP contribution in [0.1, 0.15) is 0 Å². The molecule has 0 saturated carbocycles. The summed E-state index contributed by atoms with van der Waals surface area (Å²) in [7, 11) is 4.06. The predicted molar refractivity (Wildman–Crippen MR) is 47.9 cm³/mol. The van der Waals surface area contributed by atoms with E-state index in [9.17, 15) is 0 Å². The smallest absolute Gasteiger partial charge is 0.222 e. The Balaban J connectivity index is 2.25. The fourth-order valence-electron chi connectivity index (χ4n) is 0.746. The summed E-state index contributed by atoms with van der Waals surface area (Å²) in [6.45, 7) is 1.83. The van der Waals surface area contributed by atoms with Crippen molar-refractivity contribution in [2.45, 2.75) is 0 Å². The van der Waals surface area contributed by atoms with Crippen LogP contribution in [0.25, 0.3) is 0 Å². The van der Waals surface area contributed by atoms with Crippen molar-refractivity contribution in [3.05, 3.63) is 18.5 Å². The zero-order valence-electron chi connectivity index (χ0n) is 7.41. The quantitative estimate of drug-likeness (QED) is 0.694. The highest BCUT2D eigenvalue weighted by atomic mass is 15.1. The van der Waals surface area contributed by atoms with Crippen LogP contribution in [0.3, 0.4) is 0 Å². The van der Waals surface area contributed by atoms with Gasteiger partial charge in [-0.25, -0.2) is 9.97 Å². The zero-order chi connectivity index (χ0) is 8.81. The van der Waals surface area contributed by atoms with Gasteiger partial charge in [-0.05, 0) is 14.1 Å². The van der Waals surface area contributed by atoms with E-state index in [4.69, 9.17) is 0 Å². The molecule has 0 bridgehead atoms. The molecule has 1 aromatic rings. The average Bonchev–Trinajstić information content (AvgIpc) is 2.05. The lowest BCUT2D eigenvalue weighted by Gasteiger charge is -2.09. The summed E-state index contributed by atoms with van der Waals surface area (Å²) >= 11 is 0. The molecule has 0 aliphatic heterocycles. The van der Waals surface area contributed by atoms with E-state index in [1.165, 1.54) is 0 Å². The van der Waals surface area contributed by atoms with Gasteiger partial charge in [-0.15, -0.1) is 0 Å². The van der Waals surface area contributed by atoms with Crippen LogP contribution in [-0.4, -0.2) is 42.1 Å². The molecule has 0 fully saturated rings. The van der Waals surface area contributed by atoms with Gasteiger partial charge in [0.15, 0.2) is 0 Å². The molecule has 1 radical (unpaired) electrons. The van der Waals surface area contributed by atoms with Crippen molar-refractivity contribution in [2.24, 2.45) is 0 Å². The molecular weight excluding hydrogens is 152 g/mol. The summed E-state index contributed by atoms with van der Waals surface area (Å²) < 4.78 is 0. The second-order valence-electron chi connectivity index (χ2n) is 2.74. The molecule has 0 spiro atoms. The number of anilines is 1. The Hall–Kier alpha value is -1.16. The predicted octanol–water partition coefficient (Wildman–Crippen LogP) is 0.250. The second kappa shape index (κ2) is 4.66. The van der Waals surface area contributed by atoms with E-state index < -0.39 is 0 Å². The van der Waals surface area contributed by atoms with Crippen molar-refractivity contribution in [1.29, 1.82) is 0 Å². The van der Waals surface area contributed by atoms with E-state index in [0.29, 0.717) is 5.95 Å². The topological polar surface area (TPSA) is 41.0 Å². The number of hydrogen-bond donors (Lipinski definition) is 1. The summed E-state index contributed by atoms with van der Waals surface area (Å²) in [6, 6.07) is 2.76. The number of likely N-dealkylation sites (N-methyl/N-ethyl adjacent to an activating group) is 1. The summed E-state index contributed by atoms with van der Waals surface area (Å²) in [5.74, 6) is 0.663. The van der Waals surface area contributed by atoms with Crippen molar-refractivity contribution in [3.8, 4) is 0 Å². The van der Waals surface area contributed by atoms with Crippen LogP contribution in [0, 0.1) is 6.07 Å². The number of aromatic nitrogens is 2. The highest BCUT2D eigenvalue weighted by Gasteiger charge is 1.92. The van der Waals surface area contributed by atoms with E-state index in [0.717, 1.165) is 13.1 Å². The first-order valence-corrected chi connectivity index (χ1v) is 3.86. The third-order valence-corrected chi connectivity index (χ3v) is 1.36. The van der Waals surface area contributed by atoms with Gasteiger partial charge in [-0.1, -0.05) is 0 Å². The van der Waals surface area contributed by atoms with E-state index in [1.807, 2.05) is 14.1 Å². The van der Waals surface area contributed by atoms with Crippen molar-refractivity contribution in [2.75, 3.05) is 32.5 Å². The van der Waals surface area contributed by atoms with Crippen LogP contribution in [0.2, 0.25) is 0 Å². The van der Waals surface area contributed by atoms with Crippen LogP contribution in [0.15, 0.2) is 12.4 Å². The normalized spacial score (nSPS) is 10.2. The molecule has 0 atom stereocenters. The fourth-order valence-corrected chi connectivity index (χ4v) is 0.746. The van der Waals surface area contributed by atoms with E-state index >= 15 is 0 Å². The van der Waals surface area contributed by atoms with Crippen LogP contribution in [0.5, 0.6) is 0 Å². The van der Waals surface area contributed by atoms with Gasteiger partial charge in [0.2, 0.25) is 5.95 Å². The summed E-state index contributed by atoms with van der Waals surface area (Å²) in [5.41, 5.74) is 0. The van der Waals surface area contributed by atoms with Gasteiger partial charge in [-0.2, -0.15) is 0 Å². The molecule has 0 amide bonds. The van der Waals surface area contributed by atoms with Crippen LogP contribution in [-0.2, 0) is 0 Å². The highest BCUT2D eigenvalue weighted by Crippen LogP contribution is 1.91.